The third kappa shape index (κ3) is 2.17. The van der Waals surface area contributed by atoms with E-state index in [4.69, 9.17) is 4.74 Å². The number of methoxy groups -OCH3 is 1. The van der Waals surface area contributed by atoms with Crippen LogP contribution in [0.5, 0.6) is 5.75 Å². The molecule has 1 aromatic rings. The van der Waals surface area contributed by atoms with E-state index >= 15 is 0 Å². The summed E-state index contributed by atoms with van der Waals surface area (Å²) in [6, 6.07) is 3.99. The van der Waals surface area contributed by atoms with E-state index in [0.29, 0.717) is 11.3 Å². The molecule has 0 amide bonds. The maximum absolute atomic E-state index is 12.8. The molecule has 0 aliphatic carbocycles. The van der Waals surface area contributed by atoms with Crippen LogP contribution in [-0.2, 0) is 0 Å². The van der Waals surface area contributed by atoms with Crippen LogP contribution in [0.2, 0.25) is 0 Å². The van der Waals surface area contributed by atoms with E-state index in [1.54, 1.807) is 0 Å². The molecule has 0 saturated carbocycles. The first-order chi connectivity index (χ1) is 6.19. The Bertz CT molecular complexity index is 286. The van der Waals surface area contributed by atoms with Gasteiger partial charge in [-0.25, -0.2) is 4.39 Å². The van der Waals surface area contributed by atoms with Gasteiger partial charge in [0.15, 0.2) is 0 Å². The lowest BCUT2D eigenvalue weighted by atomic mass is 10.0. The lowest BCUT2D eigenvalue weighted by molar-refractivity contribution is 0.396. The minimum atomic E-state index is -0.625. The van der Waals surface area contributed by atoms with Gasteiger partial charge in [0, 0.05) is 11.5 Å². The number of hydrogen-bond donors (Lipinski definition) is 0. The fraction of sp³-hybridized carbons (Fsp3) is 0.300. The second-order valence-corrected chi connectivity index (χ2v) is 2.74. The van der Waals surface area contributed by atoms with Crippen LogP contribution in [0.25, 0.3) is 0 Å². The average molecular weight is 185 g/mol. The largest absolute Gasteiger partial charge is 0.496 e. The first kappa shape index (κ1) is 9.96. The van der Waals surface area contributed by atoms with Crippen LogP contribution in [-0.4, -0.2) is 13.8 Å². The molecule has 1 aromatic carbocycles. The molecular weight excluding hydrogens is 174 g/mol. The van der Waals surface area contributed by atoms with Crippen molar-refractivity contribution in [2.45, 2.75) is 5.92 Å². The molecule has 1 radical (unpaired) electrons. The van der Waals surface area contributed by atoms with Crippen LogP contribution in [0.15, 0.2) is 18.2 Å². The van der Waals surface area contributed by atoms with Gasteiger partial charge < -0.3 is 4.74 Å². The normalized spacial score (nSPS) is 12.6. The number of ether oxygens (including phenoxy) is 1. The molecule has 0 aliphatic rings. The van der Waals surface area contributed by atoms with Crippen LogP contribution >= 0.6 is 0 Å². The lowest BCUT2D eigenvalue weighted by Crippen LogP contribution is -2.00. The molecule has 71 valence electrons. The Morgan fingerprint density at radius 2 is 2.23 bits per heavy atom. The summed E-state index contributed by atoms with van der Waals surface area (Å²) in [4.78, 5) is 0. The highest BCUT2D eigenvalue weighted by atomic mass is 19.1. The van der Waals surface area contributed by atoms with E-state index in [9.17, 15) is 8.78 Å². The third-order valence-electron chi connectivity index (χ3n) is 1.82. The smallest absolute Gasteiger partial charge is 0.123 e. The van der Waals surface area contributed by atoms with Gasteiger partial charge in [-0.3, -0.25) is 4.39 Å². The van der Waals surface area contributed by atoms with E-state index < -0.39 is 18.4 Å². The van der Waals surface area contributed by atoms with E-state index in [2.05, 4.69) is 6.92 Å². The van der Waals surface area contributed by atoms with Crippen molar-refractivity contribution in [2.24, 2.45) is 0 Å². The summed E-state index contributed by atoms with van der Waals surface area (Å²) in [5, 5.41) is 0. The molecule has 0 bridgehead atoms. The zero-order chi connectivity index (χ0) is 9.84. The Kier molecular flexibility index (Phi) is 3.23. The van der Waals surface area contributed by atoms with Gasteiger partial charge in [-0.1, -0.05) is 0 Å². The Labute approximate surface area is 76.3 Å². The predicted octanol–water partition coefficient (Wildman–Crippen LogP) is 2.72. The molecule has 1 atom stereocenters. The molecule has 1 rings (SSSR count). The van der Waals surface area contributed by atoms with Gasteiger partial charge in [0.2, 0.25) is 0 Å². The van der Waals surface area contributed by atoms with E-state index in [1.807, 2.05) is 0 Å². The molecular formula is C10H11F2O. The summed E-state index contributed by atoms with van der Waals surface area (Å²) >= 11 is 0. The molecule has 1 unspecified atom stereocenters. The Balaban J connectivity index is 3.07. The van der Waals surface area contributed by atoms with Gasteiger partial charge in [0.1, 0.15) is 11.6 Å². The molecule has 0 heterocycles. The van der Waals surface area contributed by atoms with Crippen LogP contribution in [0.3, 0.4) is 0 Å². The lowest BCUT2D eigenvalue weighted by Gasteiger charge is -2.12. The molecule has 0 aliphatic heterocycles. The highest BCUT2D eigenvalue weighted by molar-refractivity contribution is 5.37. The Morgan fingerprint density at radius 3 is 2.77 bits per heavy atom. The third-order valence-corrected chi connectivity index (χ3v) is 1.82. The Hall–Kier alpha value is -1.12. The highest BCUT2D eigenvalue weighted by Gasteiger charge is 2.11. The van der Waals surface area contributed by atoms with Gasteiger partial charge in [-0.15, -0.1) is 0 Å². The summed E-state index contributed by atoms with van der Waals surface area (Å²) in [6.45, 7) is 2.93. The van der Waals surface area contributed by atoms with E-state index in [0.717, 1.165) is 0 Å². The number of halogens is 2. The zero-order valence-electron chi connectivity index (χ0n) is 7.39. The zero-order valence-corrected chi connectivity index (χ0v) is 7.39. The van der Waals surface area contributed by atoms with Crippen LogP contribution < -0.4 is 4.74 Å². The minimum Gasteiger partial charge on any atom is -0.496 e. The summed E-state index contributed by atoms with van der Waals surface area (Å²) in [6.07, 6.45) is 0. The Morgan fingerprint density at radius 1 is 1.54 bits per heavy atom. The van der Waals surface area contributed by atoms with Crippen molar-refractivity contribution in [1.29, 1.82) is 0 Å². The van der Waals surface area contributed by atoms with Crippen molar-refractivity contribution in [2.75, 3.05) is 13.8 Å². The number of alkyl halides is 1. The minimum absolute atomic E-state index is 0.405. The SMILES string of the molecule is [CH2]C(CF)c1cc(F)ccc1OC. The first-order valence-corrected chi connectivity index (χ1v) is 3.91. The molecule has 0 saturated heterocycles. The van der Waals surface area contributed by atoms with Crippen molar-refractivity contribution in [1.82, 2.24) is 0 Å². The van der Waals surface area contributed by atoms with Crippen LogP contribution in [0.1, 0.15) is 11.5 Å². The van der Waals surface area contributed by atoms with Gasteiger partial charge >= 0.3 is 0 Å². The molecule has 0 spiro atoms. The highest BCUT2D eigenvalue weighted by Crippen LogP contribution is 2.27. The molecule has 13 heavy (non-hydrogen) atoms. The van der Waals surface area contributed by atoms with Crippen LogP contribution in [0.4, 0.5) is 8.78 Å². The number of hydrogen-bond acceptors (Lipinski definition) is 1. The van der Waals surface area contributed by atoms with Crippen molar-refractivity contribution >= 4 is 0 Å². The molecule has 0 fully saturated rings. The molecule has 3 heteroatoms. The standard InChI is InChI=1S/C10H11F2O/c1-7(6-11)9-5-8(12)3-4-10(9)13-2/h3-5,7H,1,6H2,2H3. The molecule has 1 nitrogen and oxygen atoms in total. The van der Waals surface area contributed by atoms with E-state index in [1.165, 1.54) is 25.3 Å². The monoisotopic (exact) mass is 185 g/mol. The van der Waals surface area contributed by atoms with E-state index in [-0.39, 0.29) is 0 Å². The average Bonchev–Trinajstić information content (AvgIpc) is 2.16. The fourth-order valence-electron chi connectivity index (χ4n) is 1.11. The quantitative estimate of drug-likeness (QED) is 0.703. The summed E-state index contributed by atoms with van der Waals surface area (Å²) < 4.78 is 30.0. The van der Waals surface area contributed by atoms with Crippen molar-refractivity contribution in [3.63, 3.8) is 0 Å². The van der Waals surface area contributed by atoms with Gasteiger partial charge in [-0.05, 0) is 25.1 Å². The summed E-state index contributed by atoms with van der Waals surface area (Å²) in [5.41, 5.74) is 0.463. The topological polar surface area (TPSA) is 9.23 Å². The summed E-state index contributed by atoms with van der Waals surface area (Å²) in [7, 11) is 1.46. The first-order valence-electron chi connectivity index (χ1n) is 3.91. The second kappa shape index (κ2) is 4.21. The van der Waals surface area contributed by atoms with Gasteiger partial charge in [0.05, 0.1) is 13.8 Å². The number of benzene rings is 1. The van der Waals surface area contributed by atoms with Gasteiger partial charge in [0.25, 0.3) is 0 Å². The molecule has 0 N–H and O–H groups in total. The van der Waals surface area contributed by atoms with Crippen molar-refractivity contribution in [3.05, 3.63) is 36.5 Å². The second-order valence-electron chi connectivity index (χ2n) is 2.74. The maximum Gasteiger partial charge on any atom is 0.123 e. The van der Waals surface area contributed by atoms with Gasteiger partial charge in [-0.2, -0.15) is 0 Å². The fourth-order valence-corrected chi connectivity index (χ4v) is 1.11. The predicted molar refractivity (Wildman–Crippen MR) is 47.0 cm³/mol. The molecule has 0 aromatic heterocycles. The number of rotatable bonds is 3. The summed E-state index contributed by atoms with van der Waals surface area (Å²) in [5.74, 6) is -0.511. The maximum atomic E-state index is 12.8. The van der Waals surface area contributed by atoms with Crippen LogP contribution in [0, 0.1) is 12.7 Å². The van der Waals surface area contributed by atoms with Crippen molar-refractivity contribution < 1.29 is 13.5 Å². The van der Waals surface area contributed by atoms with Crippen molar-refractivity contribution in [3.8, 4) is 5.75 Å².